The number of fused-ring (bicyclic) bond motifs is 1. The summed E-state index contributed by atoms with van der Waals surface area (Å²) in [6.07, 6.45) is 1.63. The number of carbonyl (C=O) groups is 1. The highest BCUT2D eigenvalue weighted by Crippen LogP contribution is 2.25. The number of pyridine rings is 1. The predicted molar refractivity (Wildman–Crippen MR) is 126 cm³/mol. The third kappa shape index (κ3) is 3.83. The van der Waals surface area contributed by atoms with Crippen LogP contribution in [0.1, 0.15) is 17.3 Å². The third-order valence-corrected chi connectivity index (χ3v) is 5.45. The number of hydrogen-bond donors (Lipinski definition) is 0. The van der Waals surface area contributed by atoms with Crippen LogP contribution in [0.3, 0.4) is 0 Å². The van der Waals surface area contributed by atoms with Gasteiger partial charge in [-0.2, -0.15) is 0 Å². The van der Waals surface area contributed by atoms with Crippen LogP contribution in [-0.2, 0) is 0 Å². The van der Waals surface area contributed by atoms with Crippen molar-refractivity contribution < 1.29 is 14.3 Å². The van der Waals surface area contributed by atoms with Gasteiger partial charge in [-0.25, -0.2) is 0 Å². The molecule has 0 bridgehead atoms. The molecule has 162 valence electrons. The van der Waals surface area contributed by atoms with Crippen molar-refractivity contribution in [2.24, 2.45) is 0 Å². The lowest BCUT2D eigenvalue weighted by Gasteiger charge is -2.23. The Kier molecular flexibility index (Phi) is 5.94. The molecule has 4 rings (SSSR count). The van der Waals surface area contributed by atoms with Gasteiger partial charge in [0.05, 0.1) is 19.8 Å². The molecule has 0 aliphatic rings. The van der Waals surface area contributed by atoms with Gasteiger partial charge in [-0.3, -0.25) is 14.2 Å². The zero-order chi connectivity index (χ0) is 22.7. The number of ether oxygens (including phenoxy) is 2. The fraction of sp³-hybridized carbons (Fsp3) is 0.154. The zero-order valence-corrected chi connectivity index (χ0v) is 18.2. The number of methoxy groups -OCH3 is 2. The number of aromatic nitrogens is 1. The van der Waals surface area contributed by atoms with Crippen LogP contribution in [0.25, 0.3) is 16.5 Å². The monoisotopic (exact) mass is 428 g/mol. The minimum Gasteiger partial charge on any atom is -0.497 e. The summed E-state index contributed by atoms with van der Waals surface area (Å²) in [7, 11) is 3.19. The first-order valence-electron chi connectivity index (χ1n) is 10.3. The molecule has 1 amide bonds. The lowest BCUT2D eigenvalue weighted by molar-refractivity contribution is 0.0989. The molecule has 0 atom stereocenters. The maximum atomic E-state index is 13.7. The van der Waals surface area contributed by atoms with Gasteiger partial charge in [0, 0.05) is 34.9 Å². The molecule has 4 aromatic rings. The van der Waals surface area contributed by atoms with Crippen molar-refractivity contribution in [1.82, 2.24) is 4.57 Å². The first-order valence-corrected chi connectivity index (χ1v) is 10.3. The Labute approximate surface area is 186 Å². The van der Waals surface area contributed by atoms with E-state index in [1.807, 2.05) is 43.3 Å². The molecule has 0 saturated carbocycles. The van der Waals surface area contributed by atoms with E-state index in [4.69, 9.17) is 9.47 Å². The standard InChI is InChI=1S/C26H24N2O4/c1-4-27(18-9-13-20(31-2)14-10-18)26(30)24-17-28(19-11-15-21(32-3)16-12-19)25(29)23-8-6-5-7-22(23)24/h5-17H,4H2,1-3H3. The van der Waals surface area contributed by atoms with E-state index in [1.165, 1.54) is 4.57 Å². The van der Waals surface area contributed by atoms with E-state index in [2.05, 4.69) is 0 Å². The van der Waals surface area contributed by atoms with E-state index in [9.17, 15) is 9.59 Å². The Morgan fingerprint density at radius 1 is 0.844 bits per heavy atom. The lowest BCUT2D eigenvalue weighted by Crippen LogP contribution is -2.32. The van der Waals surface area contributed by atoms with E-state index in [1.54, 1.807) is 61.7 Å². The van der Waals surface area contributed by atoms with Crippen molar-refractivity contribution in [3.05, 3.63) is 94.9 Å². The quantitative estimate of drug-likeness (QED) is 0.448. The number of hydrogen-bond acceptors (Lipinski definition) is 4. The molecule has 0 aliphatic heterocycles. The molecule has 0 radical (unpaired) electrons. The van der Waals surface area contributed by atoms with Gasteiger partial charge in [-0.15, -0.1) is 0 Å². The summed E-state index contributed by atoms with van der Waals surface area (Å²) in [4.78, 5) is 28.6. The first kappa shape index (κ1) is 21.2. The predicted octanol–water partition coefficient (Wildman–Crippen LogP) is 4.67. The van der Waals surface area contributed by atoms with Gasteiger partial charge >= 0.3 is 0 Å². The van der Waals surface area contributed by atoms with Crippen LogP contribution < -0.4 is 19.9 Å². The number of benzene rings is 3. The van der Waals surface area contributed by atoms with Crippen LogP contribution in [-0.4, -0.2) is 31.2 Å². The number of carbonyl (C=O) groups excluding carboxylic acids is 1. The van der Waals surface area contributed by atoms with Crippen molar-refractivity contribution in [3.8, 4) is 17.2 Å². The smallest absolute Gasteiger partial charge is 0.262 e. The Morgan fingerprint density at radius 2 is 1.41 bits per heavy atom. The Morgan fingerprint density at radius 3 is 1.97 bits per heavy atom. The molecule has 0 aliphatic carbocycles. The van der Waals surface area contributed by atoms with Crippen LogP contribution in [0.4, 0.5) is 5.69 Å². The normalized spacial score (nSPS) is 10.7. The number of anilines is 1. The average Bonchev–Trinajstić information content (AvgIpc) is 2.85. The molecule has 0 unspecified atom stereocenters. The molecule has 0 saturated heterocycles. The lowest BCUT2D eigenvalue weighted by atomic mass is 10.1. The SMILES string of the molecule is CCN(C(=O)c1cn(-c2ccc(OC)cc2)c(=O)c2ccccc12)c1ccc(OC)cc1. The maximum Gasteiger partial charge on any atom is 0.262 e. The third-order valence-electron chi connectivity index (χ3n) is 5.45. The fourth-order valence-electron chi connectivity index (χ4n) is 3.75. The van der Waals surface area contributed by atoms with E-state index < -0.39 is 0 Å². The van der Waals surface area contributed by atoms with Crippen molar-refractivity contribution in [2.75, 3.05) is 25.7 Å². The molecular formula is C26H24N2O4. The van der Waals surface area contributed by atoms with Crippen LogP contribution >= 0.6 is 0 Å². The van der Waals surface area contributed by atoms with Gasteiger partial charge in [0.15, 0.2) is 0 Å². The van der Waals surface area contributed by atoms with Crippen LogP contribution in [0.5, 0.6) is 11.5 Å². The van der Waals surface area contributed by atoms with Crippen LogP contribution in [0.2, 0.25) is 0 Å². The highest BCUT2D eigenvalue weighted by molar-refractivity contribution is 6.13. The highest BCUT2D eigenvalue weighted by Gasteiger charge is 2.21. The molecule has 0 N–H and O–H groups in total. The topological polar surface area (TPSA) is 60.8 Å². The summed E-state index contributed by atoms with van der Waals surface area (Å²) in [6.45, 7) is 2.39. The molecule has 32 heavy (non-hydrogen) atoms. The van der Waals surface area contributed by atoms with Crippen LogP contribution in [0, 0.1) is 0 Å². The molecule has 0 fully saturated rings. The fourth-order valence-corrected chi connectivity index (χ4v) is 3.75. The van der Waals surface area contributed by atoms with Gasteiger partial charge in [0.1, 0.15) is 11.5 Å². The first-order chi connectivity index (χ1) is 15.6. The minimum atomic E-state index is -0.185. The zero-order valence-electron chi connectivity index (χ0n) is 18.2. The summed E-state index contributed by atoms with van der Waals surface area (Å²) >= 11 is 0. The minimum absolute atomic E-state index is 0.184. The second-order valence-electron chi connectivity index (χ2n) is 7.21. The van der Waals surface area contributed by atoms with Gasteiger partial charge in [0.2, 0.25) is 0 Å². The number of rotatable bonds is 6. The summed E-state index contributed by atoms with van der Waals surface area (Å²) in [5.41, 5.74) is 1.68. The summed E-state index contributed by atoms with van der Waals surface area (Å²) < 4.78 is 12.0. The average molecular weight is 428 g/mol. The van der Waals surface area contributed by atoms with Crippen molar-refractivity contribution in [3.63, 3.8) is 0 Å². The summed E-state index contributed by atoms with van der Waals surface area (Å²) in [5, 5.41) is 1.11. The van der Waals surface area contributed by atoms with Crippen molar-refractivity contribution >= 4 is 22.4 Å². The molecular weight excluding hydrogens is 404 g/mol. The summed E-state index contributed by atoms with van der Waals surface area (Å²) in [6, 6.07) is 21.7. The van der Waals surface area contributed by atoms with Gasteiger partial charge in [0.25, 0.3) is 11.5 Å². The summed E-state index contributed by atoms with van der Waals surface area (Å²) in [5.74, 6) is 1.22. The van der Waals surface area contributed by atoms with E-state index in [-0.39, 0.29) is 11.5 Å². The van der Waals surface area contributed by atoms with Gasteiger partial charge in [-0.05, 0) is 61.5 Å². The van der Waals surface area contributed by atoms with E-state index in [0.29, 0.717) is 34.3 Å². The van der Waals surface area contributed by atoms with E-state index >= 15 is 0 Å². The van der Waals surface area contributed by atoms with E-state index in [0.717, 1.165) is 11.4 Å². The number of amides is 1. The molecule has 3 aromatic carbocycles. The van der Waals surface area contributed by atoms with Crippen molar-refractivity contribution in [1.29, 1.82) is 0 Å². The Bertz CT molecular complexity index is 1310. The molecule has 1 aromatic heterocycles. The van der Waals surface area contributed by atoms with Gasteiger partial charge < -0.3 is 14.4 Å². The van der Waals surface area contributed by atoms with Crippen LogP contribution in [0.15, 0.2) is 83.8 Å². The Balaban J connectivity index is 1.87. The second kappa shape index (κ2) is 8.98. The van der Waals surface area contributed by atoms with Crippen molar-refractivity contribution in [2.45, 2.75) is 6.92 Å². The Hall–Kier alpha value is -4.06. The molecule has 6 heteroatoms. The number of nitrogens with zero attached hydrogens (tertiary/aromatic N) is 2. The highest BCUT2D eigenvalue weighted by atomic mass is 16.5. The largest absolute Gasteiger partial charge is 0.497 e. The second-order valence-corrected chi connectivity index (χ2v) is 7.21. The molecule has 0 spiro atoms. The molecule has 1 heterocycles. The maximum absolute atomic E-state index is 13.7. The molecule has 6 nitrogen and oxygen atoms in total. The van der Waals surface area contributed by atoms with Gasteiger partial charge in [-0.1, -0.05) is 18.2 Å².